The number of hydrogen-bond donors (Lipinski definition) is 3. The molecule has 1 aliphatic rings. The van der Waals surface area contributed by atoms with Crippen molar-refractivity contribution in [3.05, 3.63) is 30.1 Å². The Hall–Kier alpha value is -1.46. The largest absolute Gasteiger partial charge is 0.392 e. The minimum Gasteiger partial charge on any atom is -0.392 e. The lowest BCUT2D eigenvalue weighted by Crippen LogP contribution is -2.39. The molecule has 1 amide bonds. The fourth-order valence-corrected chi connectivity index (χ4v) is 1.73. The number of hydrogen-bond acceptors (Lipinski definition) is 4. The van der Waals surface area contributed by atoms with Crippen LogP contribution in [-0.4, -0.2) is 34.7 Å². The molecule has 1 fully saturated rings. The highest BCUT2D eigenvalue weighted by Gasteiger charge is 2.27. The molecule has 0 spiro atoms. The molecule has 2 unspecified atom stereocenters. The van der Waals surface area contributed by atoms with E-state index in [1.807, 2.05) is 12.1 Å². The molecule has 1 aliphatic heterocycles. The fourth-order valence-electron chi connectivity index (χ4n) is 1.73. The summed E-state index contributed by atoms with van der Waals surface area (Å²) in [6.07, 6.45) is 3.47. The van der Waals surface area contributed by atoms with Crippen LogP contribution in [0, 0.1) is 0 Å². The van der Waals surface area contributed by atoms with E-state index in [0.29, 0.717) is 19.5 Å². The van der Waals surface area contributed by atoms with E-state index in [1.54, 1.807) is 12.4 Å². The number of aliphatic hydroxyl groups is 1. The summed E-state index contributed by atoms with van der Waals surface area (Å²) in [5.41, 5.74) is 1.02. The number of nitrogens with one attached hydrogen (secondary N) is 2. The zero-order chi connectivity index (χ0) is 11.4. The van der Waals surface area contributed by atoms with E-state index in [2.05, 4.69) is 15.6 Å². The summed E-state index contributed by atoms with van der Waals surface area (Å²) in [5.74, 6) is -0.0617. The van der Waals surface area contributed by atoms with Crippen LogP contribution in [0.25, 0.3) is 0 Å². The second-order valence-corrected chi connectivity index (χ2v) is 3.92. The second kappa shape index (κ2) is 5.05. The number of aliphatic hydroxyl groups excluding tert-OH is 1. The van der Waals surface area contributed by atoms with Crippen molar-refractivity contribution in [1.29, 1.82) is 0 Å². The van der Waals surface area contributed by atoms with Crippen LogP contribution in [0.3, 0.4) is 0 Å². The molecular formula is C11H15N3O2. The Kier molecular flexibility index (Phi) is 3.48. The van der Waals surface area contributed by atoms with E-state index in [1.165, 1.54) is 0 Å². The number of carbonyl (C=O) groups excluding carboxylic acids is 1. The van der Waals surface area contributed by atoms with Gasteiger partial charge in [0.25, 0.3) is 0 Å². The standard InChI is InChI=1S/C11H15N3O2/c15-9-5-10(13-7-9)11(16)14-6-8-1-3-12-4-2-8/h1-4,9-10,13,15H,5-7H2,(H,14,16). The van der Waals surface area contributed by atoms with Crippen molar-refractivity contribution in [1.82, 2.24) is 15.6 Å². The average Bonchev–Trinajstić information content (AvgIpc) is 2.74. The Morgan fingerprint density at radius 2 is 2.31 bits per heavy atom. The van der Waals surface area contributed by atoms with Crippen molar-refractivity contribution in [3.63, 3.8) is 0 Å². The number of aromatic nitrogens is 1. The maximum Gasteiger partial charge on any atom is 0.237 e. The molecule has 2 heterocycles. The first-order valence-electron chi connectivity index (χ1n) is 5.34. The molecule has 0 aromatic carbocycles. The van der Waals surface area contributed by atoms with Gasteiger partial charge in [0.15, 0.2) is 0 Å². The van der Waals surface area contributed by atoms with Gasteiger partial charge in [0.05, 0.1) is 12.1 Å². The van der Waals surface area contributed by atoms with E-state index < -0.39 is 6.10 Å². The Morgan fingerprint density at radius 1 is 1.56 bits per heavy atom. The summed E-state index contributed by atoms with van der Waals surface area (Å²) in [6, 6.07) is 3.45. The lowest BCUT2D eigenvalue weighted by atomic mass is 10.2. The van der Waals surface area contributed by atoms with Crippen LogP contribution in [-0.2, 0) is 11.3 Å². The van der Waals surface area contributed by atoms with E-state index in [0.717, 1.165) is 5.56 Å². The van der Waals surface area contributed by atoms with Gasteiger partial charge in [0.2, 0.25) is 5.91 Å². The predicted octanol–water partition coefficient (Wildman–Crippen LogP) is -0.579. The molecule has 86 valence electrons. The minimum absolute atomic E-state index is 0.0617. The van der Waals surface area contributed by atoms with Gasteiger partial charge in [-0.2, -0.15) is 0 Å². The predicted molar refractivity (Wildman–Crippen MR) is 58.5 cm³/mol. The van der Waals surface area contributed by atoms with Gasteiger partial charge in [0.1, 0.15) is 0 Å². The van der Waals surface area contributed by atoms with Crippen molar-refractivity contribution in [2.75, 3.05) is 6.54 Å². The number of carbonyl (C=O) groups is 1. The van der Waals surface area contributed by atoms with E-state index in [9.17, 15) is 9.90 Å². The van der Waals surface area contributed by atoms with Gasteiger partial charge < -0.3 is 15.7 Å². The summed E-state index contributed by atoms with van der Waals surface area (Å²) in [6.45, 7) is 0.989. The fraction of sp³-hybridized carbons (Fsp3) is 0.455. The van der Waals surface area contributed by atoms with Crippen LogP contribution >= 0.6 is 0 Å². The van der Waals surface area contributed by atoms with E-state index in [4.69, 9.17) is 0 Å². The highest BCUT2D eigenvalue weighted by Crippen LogP contribution is 2.06. The number of β-amino-alcohol motifs (C(OH)–C–C–N with tert-alkyl or cyclic N) is 1. The Labute approximate surface area is 93.9 Å². The molecule has 0 bridgehead atoms. The third kappa shape index (κ3) is 2.77. The molecule has 2 rings (SSSR count). The highest BCUT2D eigenvalue weighted by atomic mass is 16.3. The van der Waals surface area contributed by atoms with Crippen LogP contribution in [0.2, 0.25) is 0 Å². The van der Waals surface area contributed by atoms with Crippen LogP contribution in [0.4, 0.5) is 0 Å². The van der Waals surface area contributed by atoms with E-state index in [-0.39, 0.29) is 11.9 Å². The van der Waals surface area contributed by atoms with Crippen LogP contribution in [0.1, 0.15) is 12.0 Å². The van der Waals surface area contributed by atoms with Gasteiger partial charge >= 0.3 is 0 Å². The average molecular weight is 221 g/mol. The second-order valence-electron chi connectivity index (χ2n) is 3.92. The molecule has 16 heavy (non-hydrogen) atoms. The summed E-state index contributed by atoms with van der Waals surface area (Å²) >= 11 is 0. The number of pyridine rings is 1. The molecule has 1 aromatic rings. The van der Waals surface area contributed by atoms with Crippen LogP contribution in [0.5, 0.6) is 0 Å². The molecule has 0 saturated carbocycles. The van der Waals surface area contributed by atoms with Gasteiger partial charge in [-0.25, -0.2) is 0 Å². The summed E-state index contributed by atoms with van der Waals surface area (Å²) in [5, 5.41) is 15.1. The summed E-state index contributed by atoms with van der Waals surface area (Å²) < 4.78 is 0. The monoisotopic (exact) mass is 221 g/mol. The molecule has 3 N–H and O–H groups in total. The lowest BCUT2D eigenvalue weighted by molar-refractivity contribution is -0.123. The first kappa shape index (κ1) is 11.0. The van der Waals surface area contributed by atoms with Gasteiger partial charge in [-0.1, -0.05) is 0 Å². The van der Waals surface area contributed by atoms with Crippen LogP contribution in [0.15, 0.2) is 24.5 Å². The molecule has 1 aromatic heterocycles. The molecule has 1 saturated heterocycles. The molecule has 5 nitrogen and oxygen atoms in total. The number of rotatable bonds is 3. The first-order chi connectivity index (χ1) is 7.75. The molecule has 2 atom stereocenters. The molecular weight excluding hydrogens is 206 g/mol. The topological polar surface area (TPSA) is 74.2 Å². The van der Waals surface area contributed by atoms with Gasteiger partial charge in [-0.3, -0.25) is 9.78 Å². The first-order valence-corrected chi connectivity index (χ1v) is 5.34. The van der Waals surface area contributed by atoms with Crippen molar-refractivity contribution in [3.8, 4) is 0 Å². The van der Waals surface area contributed by atoms with Crippen molar-refractivity contribution in [2.45, 2.75) is 25.1 Å². The smallest absolute Gasteiger partial charge is 0.237 e. The van der Waals surface area contributed by atoms with Gasteiger partial charge in [-0.05, 0) is 24.1 Å². The SMILES string of the molecule is O=C(NCc1ccncc1)C1CC(O)CN1. The molecule has 0 radical (unpaired) electrons. The zero-order valence-electron chi connectivity index (χ0n) is 8.89. The minimum atomic E-state index is -0.406. The highest BCUT2D eigenvalue weighted by molar-refractivity contribution is 5.82. The Morgan fingerprint density at radius 3 is 2.94 bits per heavy atom. The lowest BCUT2D eigenvalue weighted by Gasteiger charge is -2.10. The van der Waals surface area contributed by atoms with E-state index >= 15 is 0 Å². The maximum absolute atomic E-state index is 11.7. The number of nitrogens with zero attached hydrogens (tertiary/aromatic N) is 1. The third-order valence-electron chi connectivity index (χ3n) is 2.64. The maximum atomic E-state index is 11.7. The van der Waals surface area contributed by atoms with Gasteiger partial charge in [-0.15, -0.1) is 0 Å². The van der Waals surface area contributed by atoms with Gasteiger partial charge in [0, 0.05) is 25.5 Å². The molecule has 0 aliphatic carbocycles. The zero-order valence-corrected chi connectivity index (χ0v) is 8.89. The number of amides is 1. The van der Waals surface area contributed by atoms with Crippen molar-refractivity contribution in [2.24, 2.45) is 0 Å². The summed E-state index contributed by atoms with van der Waals surface area (Å²) in [7, 11) is 0. The quantitative estimate of drug-likeness (QED) is 0.638. The normalized spacial score (nSPS) is 24.3. The third-order valence-corrected chi connectivity index (χ3v) is 2.64. The van der Waals surface area contributed by atoms with Crippen LogP contribution < -0.4 is 10.6 Å². The Bertz CT molecular complexity index is 356. The summed E-state index contributed by atoms with van der Waals surface area (Å²) in [4.78, 5) is 15.6. The molecule has 5 heteroatoms. The van der Waals surface area contributed by atoms with Crippen molar-refractivity contribution >= 4 is 5.91 Å². The van der Waals surface area contributed by atoms with Crippen molar-refractivity contribution < 1.29 is 9.90 Å². The Balaban J connectivity index is 1.80.